The molecule has 1 aromatic heterocycles. The third-order valence-corrected chi connectivity index (χ3v) is 3.27. The van der Waals surface area contributed by atoms with E-state index < -0.39 is 17.6 Å². The first kappa shape index (κ1) is 15.0. The number of nitrogens with zero attached hydrogens (tertiary/aromatic N) is 1. The molecule has 0 aliphatic heterocycles. The maximum Gasteiger partial charge on any atom is 0.348 e. The van der Waals surface area contributed by atoms with Gasteiger partial charge in [-0.05, 0) is 24.5 Å². The third-order valence-electron chi connectivity index (χ3n) is 3.27. The van der Waals surface area contributed by atoms with Crippen LogP contribution in [0.15, 0.2) is 27.4 Å². The van der Waals surface area contributed by atoms with Crippen molar-refractivity contribution < 1.29 is 13.9 Å². The lowest BCUT2D eigenvalue weighted by atomic mass is 10.1. The van der Waals surface area contributed by atoms with E-state index >= 15 is 0 Å². The van der Waals surface area contributed by atoms with E-state index in [0.29, 0.717) is 10.9 Å². The second-order valence-electron chi connectivity index (χ2n) is 5.16. The SMILES string of the molecule is COC(=O)C(Nc1nc2cccc(C)c2c(=O)o1)C(C)C. The predicted octanol–water partition coefficient (Wildman–Crippen LogP) is 2.11. The molecule has 21 heavy (non-hydrogen) atoms. The van der Waals surface area contributed by atoms with Gasteiger partial charge in [0.05, 0.1) is 18.0 Å². The minimum absolute atomic E-state index is 0.0159. The Labute approximate surface area is 122 Å². The number of anilines is 1. The van der Waals surface area contributed by atoms with Crippen molar-refractivity contribution in [2.75, 3.05) is 12.4 Å². The zero-order valence-corrected chi connectivity index (χ0v) is 12.5. The number of ether oxygens (including phenoxy) is 1. The van der Waals surface area contributed by atoms with Crippen molar-refractivity contribution in [3.8, 4) is 0 Å². The van der Waals surface area contributed by atoms with Gasteiger partial charge in [0.1, 0.15) is 6.04 Å². The summed E-state index contributed by atoms with van der Waals surface area (Å²) in [5, 5.41) is 3.28. The van der Waals surface area contributed by atoms with Gasteiger partial charge in [0.2, 0.25) is 0 Å². The summed E-state index contributed by atoms with van der Waals surface area (Å²) < 4.78 is 9.89. The Kier molecular flexibility index (Phi) is 4.26. The summed E-state index contributed by atoms with van der Waals surface area (Å²) in [4.78, 5) is 28.0. The van der Waals surface area contributed by atoms with Gasteiger partial charge in [-0.25, -0.2) is 9.59 Å². The van der Waals surface area contributed by atoms with Gasteiger partial charge in [-0.3, -0.25) is 0 Å². The van der Waals surface area contributed by atoms with Gasteiger partial charge >= 0.3 is 11.6 Å². The van der Waals surface area contributed by atoms with Gasteiger partial charge in [0, 0.05) is 0 Å². The molecule has 0 saturated heterocycles. The maximum atomic E-state index is 12.0. The second kappa shape index (κ2) is 5.95. The number of carbonyl (C=O) groups excluding carboxylic acids is 1. The van der Waals surface area contributed by atoms with Gasteiger partial charge in [-0.2, -0.15) is 4.98 Å². The molecule has 2 rings (SSSR count). The monoisotopic (exact) mass is 290 g/mol. The third kappa shape index (κ3) is 3.04. The Bertz CT molecular complexity index is 721. The summed E-state index contributed by atoms with van der Waals surface area (Å²) in [5.41, 5.74) is 0.850. The summed E-state index contributed by atoms with van der Waals surface area (Å²) in [6.45, 7) is 5.54. The number of carbonyl (C=O) groups is 1. The van der Waals surface area contributed by atoms with Crippen molar-refractivity contribution in [2.45, 2.75) is 26.8 Å². The van der Waals surface area contributed by atoms with E-state index in [-0.39, 0.29) is 11.9 Å². The van der Waals surface area contributed by atoms with Crippen LogP contribution in [0.1, 0.15) is 19.4 Å². The number of hydrogen-bond donors (Lipinski definition) is 1. The van der Waals surface area contributed by atoms with Crippen LogP contribution in [-0.2, 0) is 9.53 Å². The first-order valence-corrected chi connectivity index (χ1v) is 6.69. The van der Waals surface area contributed by atoms with Crippen LogP contribution in [0, 0.1) is 12.8 Å². The molecule has 1 N–H and O–H groups in total. The molecule has 6 heteroatoms. The average Bonchev–Trinajstić information content (AvgIpc) is 2.43. The summed E-state index contributed by atoms with van der Waals surface area (Å²) >= 11 is 0. The number of nitrogens with one attached hydrogen (secondary N) is 1. The van der Waals surface area contributed by atoms with E-state index in [0.717, 1.165) is 5.56 Å². The molecule has 112 valence electrons. The Balaban J connectivity index is 2.44. The molecule has 6 nitrogen and oxygen atoms in total. The number of aromatic nitrogens is 1. The molecule has 1 atom stereocenters. The van der Waals surface area contributed by atoms with Crippen LogP contribution in [0.3, 0.4) is 0 Å². The molecule has 0 aliphatic carbocycles. The van der Waals surface area contributed by atoms with Crippen molar-refractivity contribution in [3.63, 3.8) is 0 Å². The van der Waals surface area contributed by atoms with Crippen molar-refractivity contribution in [1.82, 2.24) is 4.98 Å². The second-order valence-corrected chi connectivity index (χ2v) is 5.16. The standard InChI is InChI=1S/C15H18N2O4/c1-8(2)12(14(19)20-4)17-15-16-10-7-5-6-9(3)11(10)13(18)21-15/h5-8,12H,1-4H3,(H,16,17). The zero-order chi connectivity index (χ0) is 15.6. The average molecular weight is 290 g/mol. The van der Waals surface area contributed by atoms with E-state index in [1.54, 1.807) is 6.07 Å². The van der Waals surface area contributed by atoms with E-state index in [2.05, 4.69) is 10.3 Å². The predicted molar refractivity (Wildman–Crippen MR) is 79.3 cm³/mol. The van der Waals surface area contributed by atoms with Gasteiger partial charge in [-0.1, -0.05) is 26.0 Å². The maximum absolute atomic E-state index is 12.0. The normalized spacial score (nSPS) is 12.4. The van der Waals surface area contributed by atoms with Crippen molar-refractivity contribution in [1.29, 1.82) is 0 Å². The summed E-state index contributed by atoms with van der Waals surface area (Å²) in [6, 6.07) is 4.75. The highest BCUT2D eigenvalue weighted by Crippen LogP contribution is 2.16. The Morgan fingerprint density at radius 2 is 2.10 bits per heavy atom. The van der Waals surface area contributed by atoms with Gasteiger partial charge in [0.25, 0.3) is 6.01 Å². The number of aryl methyl sites for hydroxylation is 1. The van der Waals surface area contributed by atoms with Gasteiger partial charge in [-0.15, -0.1) is 0 Å². The number of rotatable bonds is 4. The van der Waals surface area contributed by atoms with E-state index in [1.807, 2.05) is 32.9 Å². The lowest BCUT2D eigenvalue weighted by Gasteiger charge is -2.19. The van der Waals surface area contributed by atoms with Crippen LogP contribution < -0.4 is 10.9 Å². The molecule has 0 aliphatic rings. The molecular formula is C15H18N2O4. The number of esters is 1. The largest absolute Gasteiger partial charge is 0.467 e. The van der Waals surface area contributed by atoms with E-state index in [4.69, 9.17) is 9.15 Å². The highest BCUT2D eigenvalue weighted by Gasteiger charge is 2.24. The fraction of sp³-hybridized carbons (Fsp3) is 0.400. The fourth-order valence-corrected chi connectivity index (χ4v) is 2.10. The van der Waals surface area contributed by atoms with Crippen LogP contribution in [0.4, 0.5) is 6.01 Å². The minimum Gasteiger partial charge on any atom is -0.467 e. The topological polar surface area (TPSA) is 81.4 Å². The number of hydrogen-bond acceptors (Lipinski definition) is 6. The molecule has 1 unspecified atom stereocenters. The van der Waals surface area contributed by atoms with Gasteiger partial charge < -0.3 is 14.5 Å². The van der Waals surface area contributed by atoms with Crippen LogP contribution >= 0.6 is 0 Å². The van der Waals surface area contributed by atoms with Crippen LogP contribution in [0.5, 0.6) is 0 Å². The summed E-state index contributed by atoms with van der Waals surface area (Å²) in [7, 11) is 1.31. The van der Waals surface area contributed by atoms with E-state index in [1.165, 1.54) is 7.11 Å². The molecule has 0 fully saturated rings. The molecule has 0 amide bonds. The summed E-state index contributed by atoms with van der Waals surface area (Å²) in [6.07, 6.45) is 0. The highest BCUT2D eigenvalue weighted by atomic mass is 16.5. The summed E-state index contributed by atoms with van der Waals surface area (Å²) in [5.74, 6) is -0.475. The first-order valence-electron chi connectivity index (χ1n) is 6.69. The molecule has 0 radical (unpaired) electrons. The molecule has 0 bridgehead atoms. The smallest absolute Gasteiger partial charge is 0.348 e. The number of methoxy groups -OCH3 is 1. The van der Waals surface area contributed by atoms with Crippen LogP contribution in [0.2, 0.25) is 0 Å². The lowest BCUT2D eigenvalue weighted by Crippen LogP contribution is -2.36. The number of fused-ring (bicyclic) bond motifs is 1. The Morgan fingerprint density at radius 1 is 1.38 bits per heavy atom. The molecular weight excluding hydrogens is 272 g/mol. The van der Waals surface area contributed by atoms with Crippen LogP contribution in [-0.4, -0.2) is 24.1 Å². The molecule has 1 heterocycles. The first-order chi connectivity index (χ1) is 9.93. The van der Waals surface area contributed by atoms with Crippen molar-refractivity contribution >= 4 is 22.9 Å². The molecule has 2 aromatic rings. The highest BCUT2D eigenvalue weighted by molar-refractivity contribution is 5.82. The van der Waals surface area contributed by atoms with Crippen molar-refractivity contribution in [2.24, 2.45) is 5.92 Å². The zero-order valence-electron chi connectivity index (χ0n) is 12.5. The van der Waals surface area contributed by atoms with Crippen molar-refractivity contribution in [3.05, 3.63) is 34.2 Å². The lowest BCUT2D eigenvalue weighted by molar-refractivity contribution is -0.142. The molecule has 0 spiro atoms. The fourth-order valence-electron chi connectivity index (χ4n) is 2.10. The van der Waals surface area contributed by atoms with Crippen LogP contribution in [0.25, 0.3) is 10.9 Å². The van der Waals surface area contributed by atoms with Gasteiger partial charge in [0.15, 0.2) is 0 Å². The number of benzene rings is 1. The Hall–Kier alpha value is -2.37. The quantitative estimate of drug-likeness (QED) is 0.868. The molecule has 0 saturated carbocycles. The Morgan fingerprint density at radius 3 is 2.71 bits per heavy atom. The van der Waals surface area contributed by atoms with E-state index in [9.17, 15) is 9.59 Å². The molecule has 1 aromatic carbocycles. The minimum atomic E-state index is -0.632.